The van der Waals surface area contributed by atoms with Crippen LogP contribution in [0, 0.1) is 29.6 Å². The fourth-order valence-corrected chi connectivity index (χ4v) is 7.32. The molecule has 1 heterocycles. The van der Waals surface area contributed by atoms with Crippen LogP contribution in [0.15, 0.2) is 89.8 Å². The van der Waals surface area contributed by atoms with Crippen molar-refractivity contribution in [2.75, 3.05) is 7.11 Å². The molecule has 0 saturated heterocycles. The molecule has 45 heavy (non-hydrogen) atoms. The Morgan fingerprint density at radius 1 is 1.04 bits per heavy atom. The van der Waals surface area contributed by atoms with Crippen LogP contribution in [0.4, 0.5) is 18.9 Å². The average molecular weight is 626 g/mol. The Labute approximate surface area is 256 Å². The summed E-state index contributed by atoms with van der Waals surface area (Å²) in [4.78, 5) is 15.5. The summed E-state index contributed by atoms with van der Waals surface area (Å²) in [7, 11) is -3.25. The minimum absolute atomic E-state index is 0.0401. The van der Waals surface area contributed by atoms with Gasteiger partial charge in [-0.25, -0.2) is 30.4 Å². The number of halogens is 3. The maximum Gasteiger partial charge on any atom is 0.309 e. The predicted molar refractivity (Wildman–Crippen MR) is 161 cm³/mol. The molecular weight excluding hydrogens is 603 g/mol. The minimum Gasteiger partial charge on any atom is -0.469 e. The molecule has 0 N–H and O–H groups in total. The summed E-state index contributed by atoms with van der Waals surface area (Å²) in [6, 6.07) is 21.1. The van der Waals surface area contributed by atoms with Gasteiger partial charge in [0.2, 0.25) is 0 Å². The lowest BCUT2D eigenvalue weighted by atomic mass is 9.92. The molecule has 0 bridgehead atoms. The molecule has 7 nitrogen and oxygen atoms in total. The number of carbonyl (C=O) groups excluding carboxylic acids is 1. The second kappa shape index (κ2) is 11.3. The first-order chi connectivity index (χ1) is 21.6. The molecule has 1 aliphatic rings. The van der Waals surface area contributed by atoms with Gasteiger partial charge in [-0.3, -0.25) is 4.79 Å². The van der Waals surface area contributed by atoms with Crippen LogP contribution in [0.3, 0.4) is 0 Å². The monoisotopic (exact) mass is 625 g/mol. The minimum atomic E-state index is -4.56. The third-order valence-corrected chi connectivity index (χ3v) is 9.70. The van der Waals surface area contributed by atoms with Gasteiger partial charge in [-0.1, -0.05) is 42.5 Å². The van der Waals surface area contributed by atoms with E-state index in [0.717, 1.165) is 45.9 Å². The zero-order chi connectivity index (χ0) is 32.0. The van der Waals surface area contributed by atoms with E-state index in [4.69, 9.17) is 11.3 Å². The summed E-state index contributed by atoms with van der Waals surface area (Å²) in [6.45, 7) is 7.84. The van der Waals surface area contributed by atoms with Crippen LogP contribution in [0.5, 0.6) is 0 Å². The first kappa shape index (κ1) is 29.7. The van der Waals surface area contributed by atoms with Crippen molar-refractivity contribution in [2.24, 2.45) is 5.92 Å². The van der Waals surface area contributed by atoms with Crippen LogP contribution in [0.25, 0.3) is 38.1 Å². The highest BCUT2D eigenvalue weighted by Crippen LogP contribution is 2.51. The maximum atomic E-state index is 14.9. The number of nitriles is 1. The van der Waals surface area contributed by atoms with Gasteiger partial charge in [0.25, 0.3) is 16.4 Å². The molecule has 11 heteroatoms. The normalized spacial score (nSPS) is 15.9. The van der Waals surface area contributed by atoms with Crippen LogP contribution >= 0.6 is 0 Å². The van der Waals surface area contributed by atoms with Crippen LogP contribution in [-0.4, -0.2) is 25.5 Å². The van der Waals surface area contributed by atoms with Gasteiger partial charge in [0.05, 0.1) is 41.8 Å². The molecule has 1 aromatic heterocycles. The number of nitrogens with zero attached hydrogens (tertiary/aromatic N) is 3. The van der Waals surface area contributed by atoms with Crippen molar-refractivity contribution in [1.82, 2.24) is 3.97 Å². The number of benzene rings is 4. The topological polar surface area (TPSA) is 93.5 Å². The van der Waals surface area contributed by atoms with E-state index < -0.39 is 22.3 Å². The third-order valence-electron chi connectivity index (χ3n) is 7.97. The molecule has 2 atom stereocenters. The molecule has 1 fully saturated rings. The van der Waals surface area contributed by atoms with Crippen molar-refractivity contribution in [3.05, 3.63) is 119 Å². The first-order valence-electron chi connectivity index (χ1n) is 13.7. The third kappa shape index (κ3) is 5.01. The number of hydrogen-bond donors (Lipinski definition) is 0. The lowest BCUT2D eigenvalue weighted by molar-refractivity contribution is -0.142. The number of rotatable bonds is 7. The molecular formula is C34H22F3N3O4S. The zero-order valence-corrected chi connectivity index (χ0v) is 24.4. The Morgan fingerprint density at radius 2 is 1.78 bits per heavy atom. The summed E-state index contributed by atoms with van der Waals surface area (Å²) in [5, 5.41) is 10.2. The Kier molecular flexibility index (Phi) is 7.43. The summed E-state index contributed by atoms with van der Waals surface area (Å²) in [5.41, 5.74) is 1.17. The standard InChI is InChI=1S/C34H22F3N3O4S/c1-39-28-8-4-7-22(18-38)30(28)31-27-16-23(35)11-14-29(27)40(45(42,43)24-12-9-19(10-13-24)33(36)37)32(31)21-6-3-5-20(15-21)25-17-26(25)34(41)44-2/h3-16,25-26,33H,17H2,2H3. The SMILES string of the molecule is [C-]#[N+]c1cccc(C#N)c1-c1c(-c2cccc(C3CC3C(=O)OC)c2)n(S(=O)(=O)c2ccc(C(F)F)cc2)c2ccc(F)cc12. The number of hydrogen-bond acceptors (Lipinski definition) is 5. The predicted octanol–water partition coefficient (Wildman–Crippen LogP) is 7.99. The molecule has 224 valence electrons. The summed E-state index contributed by atoms with van der Waals surface area (Å²) in [5.74, 6) is -1.60. The molecule has 1 saturated carbocycles. The van der Waals surface area contributed by atoms with Gasteiger partial charge >= 0.3 is 5.97 Å². The van der Waals surface area contributed by atoms with E-state index in [9.17, 15) is 31.6 Å². The average Bonchev–Trinajstić information content (AvgIpc) is 3.79. The number of ether oxygens (including phenoxy) is 1. The lowest BCUT2D eigenvalue weighted by Gasteiger charge is -2.16. The number of methoxy groups -OCH3 is 1. The quantitative estimate of drug-likeness (QED) is 0.135. The van der Waals surface area contributed by atoms with Crippen LogP contribution in [0.1, 0.15) is 35.5 Å². The molecule has 6 rings (SSSR count). The van der Waals surface area contributed by atoms with Crippen molar-refractivity contribution in [3.8, 4) is 28.5 Å². The molecule has 2 unspecified atom stereocenters. The molecule has 0 aliphatic heterocycles. The van der Waals surface area contributed by atoms with Crippen molar-refractivity contribution < 1.29 is 31.1 Å². The first-order valence-corrected chi connectivity index (χ1v) is 15.1. The van der Waals surface area contributed by atoms with Gasteiger partial charge in [0.15, 0.2) is 5.69 Å². The van der Waals surface area contributed by atoms with Crippen molar-refractivity contribution in [3.63, 3.8) is 0 Å². The van der Waals surface area contributed by atoms with Crippen LogP contribution in [-0.2, 0) is 19.6 Å². The van der Waals surface area contributed by atoms with E-state index in [1.807, 2.05) is 0 Å². The number of esters is 1. The summed E-state index contributed by atoms with van der Waals surface area (Å²) < 4.78 is 76.4. The highest BCUT2D eigenvalue weighted by molar-refractivity contribution is 7.90. The van der Waals surface area contributed by atoms with Crippen LogP contribution in [0.2, 0.25) is 0 Å². The lowest BCUT2D eigenvalue weighted by Crippen LogP contribution is -2.14. The van der Waals surface area contributed by atoms with Crippen LogP contribution < -0.4 is 0 Å². The fourth-order valence-electron chi connectivity index (χ4n) is 5.77. The van der Waals surface area contributed by atoms with Crippen molar-refractivity contribution in [1.29, 1.82) is 5.26 Å². The highest BCUT2D eigenvalue weighted by atomic mass is 32.2. The summed E-state index contributed by atoms with van der Waals surface area (Å²) in [6.07, 6.45) is -2.28. The van der Waals surface area contributed by atoms with Gasteiger partial charge in [0, 0.05) is 33.2 Å². The van der Waals surface area contributed by atoms with Gasteiger partial charge in [0.1, 0.15) is 5.82 Å². The van der Waals surface area contributed by atoms with Crippen molar-refractivity contribution >= 4 is 32.6 Å². The zero-order valence-electron chi connectivity index (χ0n) is 23.5. The Bertz CT molecular complexity index is 2160. The van der Waals surface area contributed by atoms with Gasteiger partial charge in [-0.05, 0) is 60.4 Å². The van der Waals surface area contributed by atoms with E-state index in [0.29, 0.717) is 12.0 Å². The van der Waals surface area contributed by atoms with Gasteiger partial charge in [-0.15, -0.1) is 0 Å². The molecule has 0 radical (unpaired) electrons. The molecule has 1 aliphatic carbocycles. The Balaban J connectivity index is 1.73. The number of alkyl halides is 2. The molecule has 5 aromatic rings. The largest absolute Gasteiger partial charge is 0.469 e. The second-order valence-corrected chi connectivity index (χ2v) is 12.3. The molecule has 4 aromatic carbocycles. The number of fused-ring (bicyclic) bond motifs is 1. The second-order valence-electron chi connectivity index (χ2n) is 10.5. The molecule has 0 spiro atoms. The maximum absolute atomic E-state index is 14.9. The van der Waals surface area contributed by atoms with E-state index in [-0.39, 0.29) is 67.2 Å². The Morgan fingerprint density at radius 3 is 2.44 bits per heavy atom. The number of carbonyl (C=O) groups is 1. The van der Waals surface area contributed by atoms with E-state index in [1.165, 1.54) is 31.4 Å². The van der Waals surface area contributed by atoms with Crippen molar-refractivity contribution in [2.45, 2.75) is 23.7 Å². The summed E-state index contributed by atoms with van der Waals surface area (Å²) >= 11 is 0. The van der Waals surface area contributed by atoms with E-state index >= 15 is 0 Å². The number of aromatic nitrogens is 1. The van der Waals surface area contributed by atoms with Gasteiger partial charge in [-0.2, -0.15) is 5.26 Å². The molecule has 0 amide bonds. The fraction of sp³-hybridized carbons (Fsp3) is 0.147. The van der Waals surface area contributed by atoms with Gasteiger partial charge < -0.3 is 4.74 Å². The smallest absolute Gasteiger partial charge is 0.309 e. The van der Waals surface area contributed by atoms with E-state index in [1.54, 1.807) is 24.3 Å². The van der Waals surface area contributed by atoms with E-state index in [2.05, 4.69) is 10.9 Å². The highest BCUT2D eigenvalue weighted by Gasteiger charge is 2.45. The Hall–Kier alpha value is -5.39.